The molecule has 1 aliphatic rings. The van der Waals surface area contributed by atoms with E-state index in [9.17, 15) is 0 Å². The Hall–Kier alpha value is -1.16. The highest BCUT2D eigenvalue weighted by atomic mass is 15.2. The van der Waals surface area contributed by atoms with Crippen LogP contribution in [0.2, 0.25) is 0 Å². The van der Waals surface area contributed by atoms with Gasteiger partial charge in [-0.25, -0.2) is 9.97 Å². The molecule has 0 aromatic carbocycles. The molecular formula is C11H18N4. The number of rotatable bonds is 2. The molecule has 4 nitrogen and oxygen atoms in total. The summed E-state index contributed by atoms with van der Waals surface area (Å²) >= 11 is 0. The highest BCUT2D eigenvalue weighted by Gasteiger charge is 2.25. The molecule has 1 aromatic heterocycles. The molecule has 2 heterocycles. The van der Waals surface area contributed by atoms with Gasteiger partial charge in [0.05, 0.1) is 0 Å². The number of nitrogens with two attached hydrogens (primary N) is 1. The zero-order valence-electron chi connectivity index (χ0n) is 9.13. The molecule has 0 spiro atoms. The molecule has 0 aliphatic carbocycles. The largest absolute Gasteiger partial charge is 0.352 e. The van der Waals surface area contributed by atoms with Crippen LogP contribution in [-0.2, 0) is 0 Å². The first kappa shape index (κ1) is 10.4. The second-order valence-corrected chi connectivity index (χ2v) is 4.28. The molecular weight excluding hydrogens is 188 g/mol. The summed E-state index contributed by atoms with van der Waals surface area (Å²) in [6, 6.07) is 2.39. The van der Waals surface area contributed by atoms with Crippen LogP contribution in [0.4, 0.5) is 5.82 Å². The molecule has 2 unspecified atom stereocenters. The van der Waals surface area contributed by atoms with Crippen LogP contribution >= 0.6 is 0 Å². The van der Waals surface area contributed by atoms with Gasteiger partial charge in [-0.3, -0.25) is 0 Å². The van der Waals surface area contributed by atoms with Crippen molar-refractivity contribution < 1.29 is 0 Å². The van der Waals surface area contributed by atoms with Gasteiger partial charge in [-0.1, -0.05) is 6.92 Å². The second kappa shape index (κ2) is 4.57. The molecule has 2 N–H and O–H groups in total. The number of hydrogen-bond acceptors (Lipinski definition) is 4. The number of piperidine rings is 1. The first-order chi connectivity index (χ1) is 7.31. The summed E-state index contributed by atoms with van der Waals surface area (Å²) in [7, 11) is 0. The van der Waals surface area contributed by atoms with E-state index in [0.717, 1.165) is 18.3 Å². The number of nitrogens with zero attached hydrogens (tertiary/aromatic N) is 3. The van der Waals surface area contributed by atoms with Gasteiger partial charge in [0.1, 0.15) is 12.1 Å². The smallest absolute Gasteiger partial charge is 0.132 e. The second-order valence-electron chi connectivity index (χ2n) is 4.28. The van der Waals surface area contributed by atoms with Crippen molar-refractivity contribution in [3.8, 4) is 0 Å². The van der Waals surface area contributed by atoms with E-state index in [4.69, 9.17) is 5.73 Å². The maximum atomic E-state index is 5.81. The number of anilines is 1. The minimum atomic E-state index is 0.434. The third-order valence-corrected chi connectivity index (χ3v) is 3.11. The van der Waals surface area contributed by atoms with Crippen LogP contribution in [0.3, 0.4) is 0 Å². The van der Waals surface area contributed by atoms with Gasteiger partial charge in [0.25, 0.3) is 0 Å². The monoisotopic (exact) mass is 206 g/mol. The van der Waals surface area contributed by atoms with E-state index < -0.39 is 0 Å². The lowest BCUT2D eigenvalue weighted by atomic mass is 9.92. The van der Waals surface area contributed by atoms with Crippen molar-refractivity contribution in [2.24, 2.45) is 11.7 Å². The fourth-order valence-corrected chi connectivity index (χ4v) is 2.23. The minimum absolute atomic E-state index is 0.434. The summed E-state index contributed by atoms with van der Waals surface area (Å²) in [5.74, 6) is 1.78. The topological polar surface area (TPSA) is 55.0 Å². The van der Waals surface area contributed by atoms with Gasteiger partial charge in [-0.15, -0.1) is 0 Å². The third kappa shape index (κ3) is 2.26. The molecule has 1 saturated heterocycles. The SMILES string of the molecule is CC1CCN(c2ccncn2)C(CN)C1. The zero-order chi connectivity index (χ0) is 10.7. The highest BCUT2D eigenvalue weighted by molar-refractivity contribution is 5.38. The lowest BCUT2D eigenvalue weighted by molar-refractivity contribution is 0.365. The van der Waals surface area contributed by atoms with E-state index in [1.54, 1.807) is 12.5 Å². The molecule has 0 amide bonds. The van der Waals surface area contributed by atoms with E-state index in [0.29, 0.717) is 12.6 Å². The average molecular weight is 206 g/mol. The Balaban J connectivity index is 2.14. The van der Waals surface area contributed by atoms with E-state index in [1.807, 2.05) is 6.07 Å². The Morgan fingerprint density at radius 2 is 2.47 bits per heavy atom. The van der Waals surface area contributed by atoms with Crippen molar-refractivity contribution in [2.75, 3.05) is 18.0 Å². The van der Waals surface area contributed by atoms with Crippen molar-refractivity contribution in [1.29, 1.82) is 0 Å². The lowest BCUT2D eigenvalue weighted by Gasteiger charge is -2.38. The summed E-state index contributed by atoms with van der Waals surface area (Å²) in [6.07, 6.45) is 5.77. The Labute approximate surface area is 90.5 Å². The summed E-state index contributed by atoms with van der Waals surface area (Å²) in [6.45, 7) is 4.05. The molecule has 15 heavy (non-hydrogen) atoms. The van der Waals surface area contributed by atoms with Crippen LogP contribution in [-0.4, -0.2) is 29.1 Å². The summed E-state index contributed by atoms with van der Waals surface area (Å²) in [5, 5.41) is 0. The third-order valence-electron chi connectivity index (χ3n) is 3.11. The molecule has 82 valence electrons. The fourth-order valence-electron chi connectivity index (χ4n) is 2.23. The van der Waals surface area contributed by atoms with Crippen molar-refractivity contribution in [3.63, 3.8) is 0 Å². The van der Waals surface area contributed by atoms with Crippen molar-refractivity contribution in [2.45, 2.75) is 25.8 Å². The van der Waals surface area contributed by atoms with Crippen molar-refractivity contribution in [1.82, 2.24) is 9.97 Å². The van der Waals surface area contributed by atoms with Crippen LogP contribution < -0.4 is 10.6 Å². The molecule has 0 bridgehead atoms. The molecule has 4 heteroatoms. The van der Waals surface area contributed by atoms with Crippen LogP contribution in [0.1, 0.15) is 19.8 Å². The van der Waals surface area contributed by atoms with E-state index in [-0.39, 0.29) is 0 Å². The van der Waals surface area contributed by atoms with Crippen LogP contribution in [0.5, 0.6) is 0 Å². The number of hydrogen-bond donors (Lipinski definition) is 1. The quantitative estimate of drug-likeness (QED) is 0.785. The fraction of sp³-hybridized carbons (Fsp3) is 0.636. The van der Waals surface area contributed by atoms with Crippen LogP contribution in [0, 0.1) is 5.92 Å². The van der Waals surface area contributed by atoms with Gasteiger partial charge in [0.2, 0.25) is 0 Å². The Bertz CT molecular complexity index is 301. The van der Waals surface area contributed by atoms with Gasteiger partial charge in [0.15, 0.2) is 0 Å². The summed E-state index contributed by atoms with van der Waals surface area (Å²) < 4.78 is 0. The molecule has 1 aromatic rings. The number of aromatic nitrogens is 2. The Morgan fingerprint density at radius 1 is 1.60 bits per heavy atom. The molecule has 1 aliphatic heterocycles. The van der Waals surface area contributed by atoms with E-state index in [2.05, 4.69) is 21.8 Å². The van der Waals surface area contributed by atoms with E-state index in [1.165, 1.54) is 12.8 Å². The average Bonchev–Trinajstić information content (AvgIpc) is 2.30. The maximum absolute atomic E-state index is 5.81. The minimum Gasteiger partial charge on any atom is -0.352 e. The standard InChI is InChI=1S/C11H18N4/c1-9-3-5-15(10(6-9)7-12)11-2-4-13-8-14-11/h2,4,8-10H,3,5-7,12H2,1H3. The molecule has 2 rings (SSSR count). The van der Waals surface area contributed by atoms with Gasteiger partial charge in [-0.2, -0.15) is 0 Å². The van der Waals surface area contributed by atoms with Gasteiger partial charge in [0, 0.05) is 25.3 Å². The molecule has 1 fully saturated rings. The Morgan fingerprint density at radius 3 is 3.13 bits per heavy atom. The highest BCUT2D eigenvalue weighted by Crippen LogP contribution is 2.25. The predicted molar refractivity (Wildman–Crippen MR) is 60.6 cm³/mol. The van der Waals surface area contributed by atoms with E-state index >= 15 is 0 Å². The van der Waals surface area contributed by atoms with Gasteiger partial charge < -0.3 is 10.6 Å². The molecule has 0 saturated carbocycles. The molecule has 0 radical (unpaired) electrons. The normalized spacial score (nSPS) is 26.7. The van der Waals surface area contributed by atoms with Crippen LogP contribution in [0.25, 0.3) is 0 Å². The van der Waals surface area contributed by atoms with Gasteiger partial charge >= 0.3 is 0 Å². The first-order valence-corrected chi connectivity index (χ1v) is 5.54. The van der Waals surface area contributed by atoms with Crippen molar-refractivity contribution >= 4 is 5.82 Å². The first-order valence-electron chi connectivity index (χ1n) is 5.54. The van der Waals surface area contributed by atoms with Crippen LogP contribution in [0.15, 0.2) is 18.6 Å². The van der Waals surface area contributed by atoms with Gasteiger partial charge in [-0.05, 0) is 24.8 Å². The maximum Gasteiger partial charge on any atom is 0.132 e. The Kier molecular flexibility index (Phi) is 3.16. The summed E-state index contributed by atoms with van der Waals surface area (Å²) in [4.78, 5) is 10.5. The molecule has 2 atom stereocenters. The lowest BCUT2D eigenvalue weighted by Crippen LogP contribution is -2.46. The predicted octanol–water partition coefficient (Wildman–Crippen LogP) is 1.04. The zero-order valence-corrected chi connectivity index (χ0v) is 9.13. The van der Waals surface area contributed by atoms with Crippen molar-refractivity contribution in [3.05, 3.63) is 18.6 Å². The summed E-state index contributed by atoms with van der Waals surface area (Å²) in [5.41, 5.74) is 5.81.